The molecule has 1 N–H and O–H groups in total. The van der Waals surface area contributed by atoms with Gasteiger partial charge in [-0.15, -0.1) is 0 Å². The molecule has 3 aliphatic rings. The van der Waals surface area contributed by atoms with Crippen LogP contribution in [-0.2, 0) is 9.53 Å². The number of ether oxygens (including phenoxy) is 1. The van der Waals surface area contributed by atoms with E-state index in [-0.39, 0.29) is 31.5 Å². The standard InChI is InChI=1S/C21H28ClFN6O2/c22-19-10-17(11-20(26-19)28-5-7-31-8-6-28)25-16-1-3-27(4-2-16)14-21(30)29-13-15(23)9-18(29)12-24/h10-11,15-16,18H,1-9,13-14H2,(H,25,26)/t15-,18?/m0/s1. The summed E-state index contributed by atoms with van der Waals surface area (Å²) in [7, 11) is 0. The van der Waals surface area contributed by atoms with Crippen LogP contribution in [0.5, 0.6) is 0 Å². The molecule has 0 radical (unpaired) electrons. The number of hydrogen-bond donors (Lipinski definition) is 1. The van der Waals surface area contributed by atoms with E-state index in [1.807, 2.05) is 18.2 Å². The van der Waals surface area contributed by atoms with Crippen LogP contribution >= 0.6 is 11.6 Å². The summed E-state index contributed by atoms with van der Waals surface area (Å²) in [5.74, 6) is 0.694. The Morgan fingerprint density at radius 1 is 1.29 bits per heavy atom. The van der Waals surface area contributed by atoms with Crippen LogP contribution < -0.4 is 10.2 Å². The predicted molar refractivity (Wildman–Crippen MR) is 116 cm³/mol. The van der Waals surface area contributed by atoms with Gasteiger partial charge in [-0.2, -0.15) is 5.26 Å². The normalized spacial score (nSPS) is 25.5. The molecule has 1 aromatic rings. The van der Waals surface area contributed by atoms with Gasteiger partial charge in [0.2, 0.25) is 5.91 Å². The molecular weight excluding hydrogens is 423 g/mol. The molecule has 0 saturated carbocycles. The number of halogens is 2. The number of aromatic nitrogens is 1. The van der Waals surface area contributed by atoms with Gasteiger partial charge in [0, 0.05) is 50.4 Å². The molecule has 31 heavy (non-hydrogen) atoms. The van der Waals surface area contributed by atoms with E-state index < -0.39 is 12.2 Å². The maximum atomic E-state index is 13.6. The van der Waals surface area contributed by atoms with Crippen molar-refractivity contribution in [3.8, 4) is 6.07 Å². The number of amides is 1. The Balaban J connectivity index is 1.28. The molecule has 2 atom stereocenters. The number of nitriles is 1. The molecule has 0 aromatic carbocycles. The molecule has 4 rings (SSSR count). The lowest BCUT2D eigenvalue weighted by molar-refractivity contribution is -0.132. The van der Waals surface area contributed by atoms with Crippen LogP contribution in [0.1, 0.15) is 19.3 Å². The minimum atomic E-state index is -1.10. The fourth-order valence-electron chi connectivity index (χ4n) is 4.46. The number of morpholine rings is 1. The number of pyridine rings is 1. The first-order valence-electron chi connectivity index (χ1n) is 10.8. The number of rotatable bonds is 5. The maximum absolute atomic E-state index is 13.6. The molecule has 8 nitrogen and oxygen atoms in total. The lowest BCUT2D eigenvalue weighted by Gasteiger charge is -2.34. The van der Waals surface area contributed by atoms with Crippen molar-refractivity contribution in [2.24, 2.45) is 0 Å². The van der Waals surface area contributed by atoms with Gasteiger partial charge in [0.25, 0.3) is 0 Å². The van der Waals surface area contributed by atoms with E-state index in [0.29, 0.717) is 18.4 Å². The quantitative estimate of drug-likeness (QED) is 0.686. The summed E-state index contributed by atoms with van der Waals surface area (Å²) in [6.07, 6.45) is 0.786. The molecule has 1 aromatic heterocycles. The molecule has 0 spiro atoms. The SMILES string of the molecule is N#CC1C[C@H](F)CN1C(=O)CN1CCC(Nc2cc(Cl)nc(N3CCOCC3)c2)CC1. The summed E-state index contributed by atoms with van der Waals surface area (Å²) in [6.45, 7) is 4.77. The fourth-order valence-corrected chi connectivity index (χ4v) is 4.66. The van der Waals surface area contributed by atoms with E-state index in [9.17, 15) is 9.18 Å². The van der Waals surface area contributed by atoms with Crippen molar-refractivity contribution in [1.29, 1.82) is 5.26 Å². The Bertz CT molecular complexity index is 823. The highest BCUT2D eigenvalue weighted by Crippen LogP contribution is 2.25. The zero-order valence-electron chi connectivity index (χ0n) is 17.5. The maximum Gasteiger partial charge on any atom is 0.237 e. The first kappa shape index (κ1) is 22.1. The highest BCUT2D eigenvalue weighted by atomic mass is 35.5. The number of carbonyl (C=O) groups is 1. The molecule has 0 bridgehead atoms. The van der Waals surface area contributed by atoms with E-state index in [1.165, 1.54) is 4.90 Å². The predicted octanol–water partition coefficient (Wildman–Crippen LogP) is 1.91. The van der Waals surface area contributed by atoms with E-state index in [0.717, 1.165) is 50.5 Å². The second-order valence-corrected chi connectivity index (χ2v) is 8.74. The van der Waals surface area contributed by atoms with Crippen molar-refractivity contribution >= 4 is 29.0 Å². The summed E-state index contributed by atoms with van der Waals surface area (Å²) in [4.78, 5) is 22.6. The number of hydrogen-bond acceptors (Lipinski definition) is 7. The number of likely N-dealkylation sites (tertiary alicyclic amines) is 2. The first-order valence-corrected chi connectivity index (χ1v) is 11.2. The van der Waals surface area contributed by atoms with Gasteiger partial charge >= 0.3 is 0 Å². The molecular formula is C21H28ClFN6O2. The first-order chi connectivity index (χ1) is 15.0. The average molecular weight is 451 g/mol. The Morgan fingerprint density at radius 2 is 2.03 bits per heavy atom. The van der Waals surface area contributed by atoms with Crippen LogP contribution in [0.3, 0.4) is 0 Å². The molecule has 168 valence electrons. The number of anilines is 2. The third kappa shape index (κ3) is 5.56. The van der Waals surface area contributed by atoms with Crippen LogP contribution in [0.25, 0.3) is 0 Å². The monoisotopic (exact) mass is 450 g/mol. The third-order valence-corrected chi connectivity index (χ3v) is 6.35. The summed E-state index contributed by atoms with van der Waals surface area (Å²) >= 11 is 6.25. The van der Waals surface area contributed by atoms with Gasteiger partial charge in [0.15, 0.2) is 0 Å². The highest BCUT2D eigenvalue weighted by Gasteiger charge is 2.36. The molecule has 3 aliphatic heterocycles. The minimum Gasteiger partial charge on any atom is -0.382 e. The topological polar surface area (TPSA) is 84.7 Å². The number of nitrogens with zero attached hydrogens (tertiary/aromatic N) is 5. The second-order valence-electron chi connectivity index (χ2n) is 8.35. The van der Waals surface area contributed by atoms with Crippen molar-refractivity contribution in [3.63, 3.8) is 0 Å². The van der Waals surface area contributed by atoms with Crippen LogP contribution in [0, 0.1) is 11.3 Å². The minimum absolute atomic E-state index is 0.0311. The van der Waals surface area contributed by atoms with E-state index in [4.69, 9.17) is 21.6 Å². The van der Waals surface area contributed by atoms with Crippen LogP contribution in [0.4, 0.5) is 15.9 Å². The Morgan fingerprint density at radius 3 is 2.74 bits per heavy atom. The molecule has 3 fully saturated rings. The van der Waals surface area contributed by atoms with Crippen molar-refractivity contribution in [2.75, 3.05) is 62.7 Å². The summed E-state index contributed by atoms with van der Waals surface area (Å²) in [5, 5.41) is 13.2. The molecule has 1 unspecified atom stereocenters. The van der Waals surface area contributed by atoms with Crippen molar-refractivity contribution in [3.05, 3.63) is 17.3 Å². The number of piperidine rings is 1. The largest absolute Gasteiger partial charge is 0.382 e. The zero-order chi connectivity index (χ0) is 21.8. The summed E-state index contributed by atoms with van der Waals surface area (Å²) in [5.41, 5.74) is 0.943. The lowest BCUT2D eigenvalue weighted by atomic mass is 10.0. The third-order valence-electron chi connectivity index (χ3n) is 6.15. The summed E-state index contributed by atoms with van der Waals surface area (Å²) in [6, 6.07) is 5.54. The van der Waals surface area contributed by atoms with Crippen molar-refractivity contribution in [1.82, 2.24) is 14.8 Å². The van der Waals surface area contributed by atoms with Gasteiger partial charge in [0.1, 0.15) is 23.2 Å². The van der Waals surface area contributed by atoms with E-state index >= 15 is 0 Å². The van der Waals surface area contributed by atoms with Gasteiger partial charge in [-0.25, -0.2) is 9.37 Å². The Hall–Kier alpha value is -2.15. The summed E-state index contributed by atoms with van der Waals surface area (Å²) < 4.78 is 19.0. The second kappa shape index (κ2) is 9.98. The van der Waals surface area contributed by atoms with Gasteiger partial charge in [-0.3, -0.25) is 9.69 Å². The van der Waals surface area contributed by atoms with E-state index in [2.05, 4.69) is 20.1 Å². The number of nitrogens with one attached hydrogen (secondary N) is 1. The number of carbonyl (C=O) groups excluding carboxylic acids is 1. The zero-order valence-corrected chi connectivity index (χ0v) is 18.2. The van der Waals surface area contributed by atoms with Gasteiger partial charge < -0.3 is 19.9 Å². The van der Waals surface area contributed by atoms with Crippen LogP contribution in [0.15, 0.2) is 12.1 Å². The average Bonchev–Trinajstić information content (AvgIpc) is 3.16. The molecule has 1 amide bonds. The fraction of sp³-hybridized carbons (Fsp3) is 0.667. The van der Waals surface area contributed by atoms with Crippen LogP contribution in [0.2, 0.25) is 5.15 Å². The molecule has 4 heterocycles. The van der Waals surface area contributed by atoms with Crippen molar-refractivity contribution in [2.45, 2.75) is 37.5 Å². The highest BCUT2D eigenvalue weighted by molar-refractivity contribution is 6.29. The number of alkyl halides is 1. The van der Waals surface area contributed by atoms with Gasteiger partial charge in [-0.1, -0.05) is 11.6 Å². The Kier molecular flexibility index (Phi) is 7.10. The Labute approximate surface area is 186 Å². The molecule has 10 heteroatoms. The molecule has 0 aliphatic carbocycles. The van der Waals surface area contributed by atoms with E-state index in [1.54, 1.807) is 0 Å². The van der Waals surface area contributed by atoms with Gasteiger partial charge in [0.05, 0.1) is 32.4 Å². The molecule has 3 saturated heterocycles. The van der Waals surface area contributed by atoms with Crippen molar-refractivity contribution < 1.29 is 13.9 Å². The van der Waals surface area contributed by atoms with Crippen LogP contribution in [-0.4, -0.2) is 91.4 Å². The van der Waals surface area contributed by atoms with Gasteiger partial charge in [-0.05, 0) is 18.9 Å². The smallest absolute Gasteiger partial charge is 0.237 e. The lowest BCUT2D eigenvalue weighted by Crippen LogP contribution is -2.46.